The van der Waals surface area contributed by atoms with E-state index in [-0.39, 0.29) is 5.97 Å². The summed E-state index contributed by atoms with van der Waals surface area (Å²) >= 11 is 0. The van der Waals surface area contributed by atoms with Gasteiger partial charge in [0, 0.05) is 12.0 Å². The summed E-state index contributed by atoms with van der Waals surface area (Å²) in [6.45, 7) is 11.4. The first kappa shape index (κ1) is 31.9. The largest absolute Gasteiger partial charge is 0.469 e. The van der Waals surface area contributed by atoms with E-state index < -0.39 is 0 Å². The van der Waals surface area contributed by atoms with Gasteiger partial charge in [0.15, 0.2) is 0 Å². The van der Waals surface area contributed by atoms with Gasteiger partial charge in [-0.1, -0.05) is 63.5 Å². The highest BCUT2D eigenvalue weighted by Crippen LogP contribution is 2.63. The van der Waals surface area contributed by atoms with Gasteiger partial charge in [0.25, 0.3) is 0 Å². The van der Waals surface area contributed by atoms with E-state index in [1.54, 1.807) is 0 Å². The molecular formula is C38H52N2O2. The van der Waals surface area contributed by atoms with Crippen LogP contribution in [0.2, 0.25) is 0 Å². The summed E-state index contributed by atoms with van der Waals surface area (Å²) in [7, 11) is 1.51. The van der Waals surface area contributed by atoms with Gasteiger partial charge < -0.3 is 10.5 Å². The third kappa shape index (κ3) is 7.85. The number of allylic oxidation sites excluding steroid dienone is 3. The second-order valence-electron chi connectivity index (χ2n) is 13.4. The van der Waals surface area contributed by atoms with Crippen molar-refractivity contribution in [1.29, 1.82) is 0 Å². The monoisotopic (exact) mass is 568 g/mol. The summed E-state index contributed by atoms with van der Waals surface area (Å²) in [5.41, 5.74) is 9.81. The van der Waals surface area contributed by atoms with Crippen molar-refractivity contribution < 1.29 is 9.53 Å². The SMILES string of the molecule is C=C(/C=C/c1ccc(C#C/C2=C/CCC[C@@H]3C(CC[C@]4(C)C(C(C)CCC(=O)OC)CCC34)[C@@H](C)CC2)cc1)N=CN. The number of rotatable bonds is 7. The highest BCUT2D eigenvalue weighted by molar-refractivity contribution is 5.69. The molecule has 1 aromatic rings. The number of ether oxygens (including phenoxy) is 1. The lowest BCUT2D eigenvalue weighted by Crippen LogP contribution is -2.44. The predicted octanol–water partition coefficient (Wildman–Crippen LogP) is 8.73. The fraction of sp³-hybridized carbons (Fsp3) is 0.579. The number of carbonyl (C=O) groups excluding carboxylic acids is 1. The minimum absolute atomic E-state index is 0.0634. The minimum Gasteiger partial charge on any atom is -0.469 e. The van der Waals surface area contributed by atoms with Crippen LogP contribution < -0.4 is 5.73 Å². The molecule has 4 unspecified atom stereocenters. The van der Waals surface area contributed by atoms with Crippen molar-refractivity contribution in [2.45, 2.75) is 91.4 Å². The normalized spacial score (nSPS) is 31.7. The molecule has 4 nitrogen and oxygen atoms in total. The van der Waals surface area contributed by atoms with E-state index in [4.69, 9.17) is 10.5 Å². The molecule has 3 aliphatic carbocycles. The van der Waals surface area contributed by atoms with Crippen LogP contribution in [0.3, 0.4) is 0 Å². The van der Waals surface area contributed by atoms with Crippen molar-refractivity contribution in [1.82, 2.24) is 0 Å². The number of nitrogens with zero attached hydrogens (tertiary/aromatic N) is 1. The molecule has 0 aromatic heterocycles. The molecule has 0 spiro atoms. The predicted molar refractivity (Wildman–Crippen MR) is 175 cm³/mol. The van der Waals surface area contributed by atoms with Gasteiger partial charge in [-0.15, -0.1) is 0 Å². The zero-order chi connectivity index (χ0) is 30.1. The summed E-state index contributed by atoms with van der Waals surface area (Å²) in [5, 5.41) is 0. The molecule has 4 heteroatoms. The third-order valence-corrected chi connectivity index (χ3v) is 11.0. The van der Waals surface area contributed by atoms with E-state index in [2.05, 4.69) is 74.5 Å². The average Bonchev–Trinajstić information content (AvgIpc) is 3.35. The molecule has 7 atom stereocenters. The van der Waals surface area contributed by atoms with Crippen molar-refractivity contribution in [3.63, 3.8) is 0 Å². The molecule has 2 N–H and O–H groups in total. The maximum Gasteiger partial charge on any atom is 0.305 e. The summed E-state index contributed by atoms with van der Waals surface area (Å²) in [4.78, 5) is 15.8. The van der Waals surface area contributed by atoms with Crippen LogP contribution in [0.1, 0.15) is 103 Å². The first-order valence-electron chi connectivity index (χ1n) is 16.2. The number of benzene rings is 1. The lowest BCUT2D eigenvalue weighted by molar-refractivity contribution is -0.141. The number of fused-ring (bicyclic) bond motifs is 3. The first-order chi connectivity index (χ1) is 20.2. The fourth-order valence-corrected chi connectivity index (χ4v) is 8.67. The van der Waals surface area contributed by atoms with Crippen molar-refractivity contribution in [3.8, 4) is 11.8 Å². The lowest BCUT2D eigenvalue weighted by Gasteiger charge is -2.52. The van der Waals surface area contributed by atoms with Crippen LogP contribution in [0.15, 0.2) is 59.3 Å². The van der Waals surface area contributed by atoms with Crippen LogP contribution in [-0.4, -0.2) is 19.4 Å². The zero-order valence-corrected chi connectivity index (χ0v) is 26.4. The Kier molecular flexibility index (Phi) is 11.3. The van der Waals surface area contributed by atoms with Crippen LogP contribution in [0.4, 0.5) is 0 Å². The lowest BCUT2D eigenvalue weighted by atomic mass is 9.53. The van der Waals surface area contributed by atoms with Gasteiger partial charge in [0.2, 0.25) is 0 Å². The third-order valence-electron chi connectivity index (χ3n) is 11.0. The molecule has 2 saturated carbocycles. The Labute approximate surface area is 255 Å². The van der Waals surface area contributed by atoms with Crippen molar-refractivity contribution in [3.05, 3.63) is 65.4 Å². The van der Waals surface area contributed by atoms with Gasteiger partial charge in [0.1, 0.15) is 0 Å². The zero-order valence-electron chi connectivity index (χ0n) is 26.4. The van der Waals surface area contributed by atoms with Crippen molar-refractivity contribution in [2.24, 2.45) is 51.6 Å². The standard InChI is InChI=1S/C38H52N2O2/c1-27-10-13-30(15-16-32-19-17-31(18-20-32)14-12-29(3)40-26-39)8-6-7-9-34-33(27)24-25-38(4)35(21-22-36(34)38)28(2)11-23-37(41)42-5/h8,12,14,17-20,26-28,33-36H,3,6-7,9-11,13,21-25H2,1-2,4-5H3,(H2,39,40)/b14-12+,30-8+/t27-,28?,33?,34+,35?,36?,38+/m0/s1. The molecule has 0 amide bonds. The van der Waals surface area contributed by atoms with Gasteiger partial charge in [-0.05, 0) is 134 Å². The molecule has 0 aliphatic heterocycles. The maximum atomic E-state index is 11.8. The Morgan fingerprint density at radius 3 is 2.69 bits per heavy atom. The molecule has 4 rings (SSSR count). The van der Waals surface area contributed by atoms with E-state index in [0.717, 1.165) is 60.0 Å². The smallest absolute Gasteiger partial charge is 0.305 e. The second kappa shape index (κ2) is 14.9. The molecule has 0 saturated heterocycles. The van der Waals surface area contributed by atoms with Crippen LogP contribution in [0.5, 0.6) is 0 Å². The summed E-state index contributed by atoms with van der Waals surface area (Å²) in [5.74, 6) is 11.4. The van der Waals surface area contributed by atoms with Crippen LogP contribution in [0, 0.1) is 52.8 Å². The number of methoxy groups -OCH3 is 1. The van der Waals surface area contributed by atoms with E-state index >= 15 is 0 Å². The van der Waals surface area contributed by atoms with Gasteiger partial charge in [-0.2, -0.15) is 0 Å². The molecule has 1 aromatic carbocycles. The number of hydrogen-bond donors (Lipinski definition) is 1. The fourth-order valence-electron chi connectivity index (χ4n) is 8.67. The quantitative estimate of drug-likeness (QED) is 0.118. The molecule has 0 bridgehead atoms. The molecular weight excluding hydrogens is 516 g/mol. The van der Waals surface area contributed by atoms with E-state index in [1.165, 1.54) is 64.0 Å². The Hall–Kier alpha value is -3.06. The molecule has 42 heavy (non-hydrogen) atoms. The van der Waals surface area contributed by atoms with Crippen LogP contribution in [0.25, 0.3) is 6.08 Å². The Bertz CT molecular complexity index is 1230. The molecule has 2 fully saturated rings. The Balaban J connectivity index is 1.39. The van der Waals surface area contributed by atoms with Gasteiger partial charge in [-0.25, -0.2) is 4.99 Å². The van der Waals surface area contributed by atoms with Gasteiger partial charge in [0.05, 0.1) is 19.1 Å². The number of hydrogen-bond acceptors (Lipinski definition) is 3. The maximum absolute atomic E-state index is 11.8. The second-order valence-corrected chi connectivity index (χ2v) is 13.4. The summed E-state index contributed by atoms with van der Waals surface area (Å²) < 4.78 is 4.93. The highest BCUT2D eigenvalue weighted by Gasteiger charge is 2.55. The highest BCUT2D eigenvalue weighted by atomic mass is 16.5. The minimum atomic E-state index is -0.0634. The van der Waals surface area contributed by atoms with E-state index in [1.807, 2.05) is 12.2 Å². The van der Waals surface area contributed by atoms with Crippen LogP contribution in [-0.2, 0) is 9.53 Å². The molecule has 226 valence electrons. The molecule has 0 radical (unpaired) electrons. The van der Waals surface area contributed by atoms with Gasteiger partial charge >= 0.3 is 5.97 Å². The van der Waals surface area contributed by atoms with Crippen molar-refractivity contribution in [2.75, 3.05) is 7.11 Å². The van der Waals surface area contributed by atoms with E-state index in [9.17, 15) is 4.79 Å². The number of aliphatic imine (C=N–C) groups is 1. The van der Waals surface area contributed by atoms with Crippen molar-refractivity contribution >= 4 is 18.4 Å². The number of carbonyl (C=O) groups is 1. The van der Waals surface area contributed by atoms with Gasteiger partial charge in [-0.3, -0.25) is 4.79 Å². The Morgan fingerprint density at radius 2 is 1.95 bits per heavy atom. The summed E-state index contributed by atoms with van der Waals surface area (Å²) in [6.07, 6.45) is 20.5. The Morgan fingerprint density at radius 1 is 1.17 bits per heavy atom. The summed E-state index contributed by atoms with van der Waals surface area (Å²) in [6, 6.07) is 8.32. The first-order valence-corrected chi connectivity index (χ1v) is 16.2. The number of esters is 1. The van der Waals surface area contributed by atoms with Crippen LogP contribution >= 0.6 is 0 Å². The molecule has 3 aliphatic rings. The molecule has 0 heterocycles. The topological polar surface area (TPSA) is 64.7 Å². The number of nitrogens with two attached hydrogens (primary N) is 1. The average molecular weight is 569 g/mol. The van der Waals surface area contributed by atoms with E-state index in [0.29, 0.717) is 23.5 Å².